The Morgan fingerprint density at radius 1 is 1.33 bits per heavy atom. The number of imidazole rings is 1. The topological polar surface area (TPSA) is 48.9 Å². The minimum atomic E-state index is 0.218. The maximum absolute atomic E-state index is 9.32. The second-order valence-corrected chi connectivity index (χ2v) is 5.12. The van der Waals surface area contributed by atoms with Gasteiger partial charge in [0.1, 0.15) is 11.6 Å². The van der Waals surface area contributed by atoms with Gasteiger partial charge < -0.3 is 10.1 Å². The fraction of sp³-hybridized carbons (Fsp3) is 0.417. The summed E-state index contributed by atoms with van der Waals surface area (Å²) in [6.45, 7) is 6.53. The first-order valence-electron chi connectivity index (χ1n) is 5.12. The van der Waals surface area contributed by atoms with E-state index in [1.165, 1.54) is 0 Å². The molecule has 0 spiro atoms. The van der Waals surface area contributed by atoms with Crippen LogP contribution in [0.1, 0.15) is 26.6 Å². The average molecular weight is 204 g/mol. The largest absolute Gasteiger partial charge is 0.508 e. The van der Waals surface area contributed by atoms with Crippen molar-refractivity contribution in [2.75, 3.05) is 0 Å². The van der Waals surface area contributed by atoms with Gasteiger partial charge in [-0.25, -0.2) is 4.98 Å². The highest BCUT2D eigenvalue weighted by molar-refractivity contribution is 5.76. The molecule has 1 aromatic carbocycles. The van der Waals surface area contributed by atoms with Crippen LogP contribution in [0.15, 0.2) is 18.2 Å². The Morgan fingerprint density at radius 2 is 2.07 bits per heavy atom. The Morgan fingerprint density at radius 3 is 2.73 bits per heavy atom. The number of H-pyrrole nitrogens is 1. The molecule has 0 aliphatic carbocycles. The van der Waals surface area contributed by atoms with Crippen molar-refractivity contribution in [3.8, 4) is 5.75 Å². The highest BCUT2D eigenvalue weighted by Crippen LogP contribution is 2.22. The van der Waals surface area contributed by atoms with E-state index in [2.05, 4.69) is 30.7 Å². The maximum atomic E-state index is 9.32. The van der Waals surface area contributed by atoms with Gasteiger partial charge in [0.05, 0.1) is 11.0 Å². The highest BCUT2D eigenvalue weighted by atomic mass is 16.3. The van der Waals surface area contributed by atoms with E-state index in [1.807, 2.05) is 6.07 Å². The second kappa shape index (κ2) is 3.26. The molecule has 2 N–H and O–H groups in total. The molecule has 0 unspecified atom stereocenters. The fourth-order valence-electron chi connectivity index (χ4n) is 1.64. The van der Waals surface area contributed by atoms with Gasteiger partial charge >= 0.3 is 0 Å². The van der Waals surface area contributed by atoms with Crippen LogP contribution >= 0.6 is 0 Å². The Bertz CT molecular complexity index is 480. The molecule has 1 heterocycles. The third-order valence-electron chi connectivity index (χ3n) is 2.21. The SMILES string of the molecule is CC(C)(C)Cc1nc2ccc(O)cc2[nH]1. The van der Waals surface area contributed by atoms with E-state index >= 15 is 0 Å². The number of aromatic hydroxyl groups is 1. The number of nitrogens with zero attached hydrogens (tertiary/aromatic N) is 1. The summed E-state index contributed by atoms with van der Waals surface area (Å²) in [5.41, 5.74) is 2.02. The molecule has 2 rings (SSSR count). The minimum Gasteiger partial charge on any atom is -0.508 e. The Balaban J connectivity index is 2.39. The lowest BCUT2D eigenvalue weighted by atomic mass is 9.92. The van der Waals surface area contributed by atoms with E-state index in [0.717, 1.165) is 23.3 Å². The van der Waals surface area contributed by atoms with Crippen molar-refractivity contribution in [3.05, 3.63) is 24.0 Å². The number of benzene rings is 1. The zero-order valence-electron chi connectivity index (χ0n) is 9.33. The van der Waals surface area contributed by atoms with Gasteiger partial charge in [-0.3, -0.25) is 0 Å². The van der Waals surface area contributed by atoms with Gasteiger partial charge in [0.2, 0.25) is 0 Å². The summed E-state index contributed by atoms with van der Waals surface area (Å²) in [7, 11) is 0. The van der Waals surface area contributed by atoms with E-state index in [9.17, 15) is 5.11 Å². The molecule has 0 aliphatic rings. The lowest BCUT2D eigenvalue weighted by Gasteiger charge is -2.15. The molecule has 0 radical (unpaired) electrons. The molecule has 0 aliphatic heterocycles. The van der Waals surface area contributed by atoms with E-state index in [4.69, 9.17) is 0 Å². The molecule has 1 aromatic heterocycles. The Kier molecular flexibility index (Phi) is 2.18. The number of phenols is 1. The predicted molar refractivity (Wildman–Crippen MR) is 60.9 cm³/mol. The lowest BCUT2D eigenvalue weighted by Crippen LogP contribution is -2.10. The van der Waals surface area contributed by atoms with Crippen molar-refractivity contribution in [2.24, 2.45) is 5.41 Å². The van der Waals surface area contributed by atoms with Crippen molar-refractivity contribution in [1.82, 2.24) is 9.97 Å². The summed E-state index contributed by atoms with van der Waals surface area (Å²) in [5.74, 6) is 1.25. The van der Waals surface area contributed by atoms with Gasteiger partial charge in [-0.15, -0.1) is 0 Å². The monoisotopic (exact) mass is 204 g/mol. The molecule has 2 aromatic rings. The van der Waals surface area contributed by atoms with Crippen LogP contribution in [0.3, 0.4) is 0 Å². The summed E-state index contributed by atoms with van der Waals surface area (Å²) >= 11 is 0. The molecular weight excluding hydrogens is 188 g/mol. The molecule has 0 atom stereocenters. The van der Waals surface area contributed by atoms with Crippen molar-refractivity contribution >= 4 is 11.0 Å². The number of nitrogens with one attached hydrogen (secondary N) is 1. The molecule has 80 valence electrons. The zero-order valence-corrected chi connectivity index (χ0v) is 9.33. The molecule has 0 bridgehead atoms. The van der Waals surface area contributed by atoms with Crippen molar-refractivity contribution in [2.45, 2.75) is 27.2 Å². The molecule has 0 saturated carbocycles. The minimum absolute atomic E-state index is 0.218. The van der Waals surface area contributed by atoms with E-state index in [-0.39, 0.29) is 11.2 Å². The predicted octanol–water partition coefficient (Wildman–Crippen LogP) is 2.86. The maximum Gasteiger partial charge on any atom is 0.117 e. The summed E-state index contributed by atoms with van der Waals surface area (Å²) in [6, 6.07) is 5.19. The van der Waals surface area contributed by atoms with Gasteiger partial charge in [0, 0.05) is 12.5 Å². The van der Waals surface area contributed by atoms with Crippen LogP contribution in [0.4, 0.5) is 0 Å². The molecule has 0 amide bonds. The van der Waals surface area contributed by atoms with Gasteiger partial charge in [-0.1, -0.05) is 20.8 Å². The third-order valence-corrected chi connectivity index (χ3v) is 2.21. The van der Waals surface area contributed by atoms with Crippen LogP contribution in [0.2, 0.25) is 0 Å². The molecule has 0 fully saturated rings. The Labute approximate surface area is 89.2 Å². The lowest BCUT2D eigenvalue weighted by molar-refractivity contribution is 0.402. The van der Waals surface area contributed by atoms with Gasteiger partial charge in [-0.2, -0.15) is 0 Å². The van der Waals surface area contributed by atoms with Crippen LogP contribution < -0.4 is 0 Å². The van der Waals surface area contributed by atoms with E-state index in [0.29, 0.717) is 0 Å². The number of aromatic amines is 1. The van der Waals surface area contributed by atoms with Gasteiger partial charge in [0.25, 0.3) is 0 Å². The zero-order chi connectivity index (χ0) is 11.1. The number of hydrogen-bond donors (Lipinski definition) is 2. The highest BCUT2D eigenvalue weighted by Gasteiger charge is 2.14. The van der Waals surface area contributed by atoms with Crippen LogP contribution in [-0.2, 0) is 6.42 Å². The van der Waals surface area contributed by atoms with Crippen LogP contribution in [0.25, 0.3) is 11.0 Å². The van der Waals surface area contributed by atoms with Crippen molar-refractivity contribution < 1.29 is 5.11 Å². The second-order valence-electron chi connectivity index (χ2n) is 5.12. The number of rotatable bonds is 1. The van der Waals surface area contributed by atoms with Crippen molar-refractivity contribution in [1.29, 1.82) is 0 Å². The Hall–Kier alpha value is -1.51. The van der Waals surface area contributed by atoms with Crippen LogP contribution in [0, 0.1) is 5.41 Å². The molecule has 3 nitrogen and oxygen atoms in total. The van der Waals surface area contributed by atoms with Gasteiger partial charge in [-0.05, 0) is 17.5 Å². The first kappa shape index (κ1) is 10.0. The third kappa shape index (κ3) is 2.29. The average Bonchev–Trinajstić information content (AvgIpc) is 2.42. The molecule has 3 heteroatoms. The van der Waals surface area contributed by atoms with Crippen molar-refractivity contribution in [3.63, 3.8) is 0 Å². The quantitative estimate of drug-likeness (QED) is 0.750. The fourth-order valence-corrected chi connectivity index (χ4v) is 1.64. The van der Waals surface area contributed by atoms with E-state index < -0.39 is 0 Å². The first-order chi connectivity index (χ1) is 6.94. The number of fused-ring (bicyclic) bond motifs is 1. The summed E-state index contributed by atoms with van der Waals surface area (Å²) in [5, 5.41) is 9.32. The number of hydrogen-bond acceptors (Lipinski definition) is 2. The van der Waals surface area contributed by atoms with Crippen LogP contribution in [-0.4, -0.2) is 15.1 Å². The number of aromatic nitrogens is 2. The molecule has 15 heavy (non-hydrogen) atoms. The summed E-state index contributed by atoms with van der Waals surface area (Å²) in [4.78, 5) is 7.69. The van der Waals surface area contributed by atoms with Crippen LogP contribution in [0.5, 0.6) is 5.75 Å². The summed E-state index contributed by atoms with van der Waals surface area (Å²) < 4.78 is 0. The first-order valence-corrected chi connectivity index (χ1v) is 5.12. The number of phenolic OH excluding ortho intramolecular Hbond substituents is 1. The molecule has 0 saturated heterocycles. The smallest absolute Gasteiger partial charge is 0.117 e. The standard InChI is InChI=1S/C12H16N2O/c1-12(2,3)7-11-13-9-5-4-8(15)6-10(9)14-11/h4-6,15H,7H2,1-3H3,(H,13,14). The molecular formula is C12H16N2O. The van der Waals surface area contributed by atoms with Gasteiger partial charge in [0.15, 0.2) is 0 Å². The van der Waals surface area contributed by atoms with E-state index in [1.54, 1.807) is 12.1 Å². The normalized spacial score (nSPS) is 12.2. The summed E-state index contributed by atoms with van der Waals surface area (Å²) in [6.07, 6.45) is 0.905.